The van der Waals surface area contributed by atoms with E-state index in [0.29, 0.717) is 12.5 Å². The van der Waals surface area contributed by atoms with Crippen molar-refractivity contribution in [3.63, 3.8) is 0 Å². The average Bonchev–Trinajstić information content (AvgIpc) is 2.34. The smallest absolute Gasteiger partial charge is 0.0434 e. The minimum atomic E-state index is 0.298. The Hall–Kier alpha value is -0.160. The molecule has 1 rings (SSSR count). The number of rotatable bonds is 2. The normalized spacial score (nSPS) is 26.3. The van der Waals surface area contributed by atoms with Gasteiger partial charge in [0.05, 0.1) is 0 Å². The van der Waals surface area contributed by atoms with Crippen molar-refractivity contribution < 1.29 is 5.11 Å². The molecule has 1 aliphatic rings. The van der Waals surface area contributed by atoms with E-state index in [1.165, 1.54) is 25.7 Å². The van der Waals surface area contributed by atoms with E-state index in [2.05, 4.69) is 16.0 Å². The van der Waals surface area contributed by atoms with Crippen LogP contribution in [0.15, 0.2) is 0 Å². The van der Waals surface area contributed by atoms with Crippen LogP contribution < -0.4 is 16.0 Å². The van der Waals surface area contributed by atoms with Crippen LogP contribution in [0, 0.1) is 5.92 Å². The lowest BCUT2D eigenvalue weighted by molar-refractivity contribution is 0.250. The van der Waals surface area contributed by atoms with Crippen LogP contribution in [0.25, 0.3) is 0 Å². The average molecular weight is 243 g/mol. The summed E-state index contributed by atoms with van der Waals surface area (Å²) >= 11 is 0. The number of nitrogens with one attached hydrogen (secondary N) is 3. The molecule has 0 amide bonds. The van der Waals surface area contributed by atoms with Gasteiger partial charge in [-0.25, -0.2) is 0 Å². The second-order valence-electron chi connectivity index (χ2n) is 4.95. The van der Waals surface area contributed by atoms with Gasteiger partial charge in [0.2, 0.25) is 0 Å². The van der Waals surface area contributed by atoms with Gasteiger partial charge in [-0.15, -0.1) is 0 Å². The van der Waals surface area contributed by atoms with Gasteiger partial charge in [0.15, 0.2) is 0 Å². The summed E-state index contributed by atoms with van der Waals surface area (Å²) in [6.07, 6.45) is 6.14. The molecule has 17 heavy (non-hydrogen) atoms. The molecule has 1 aliphatic heterocycles. The van der Waals surface area contributed by atoms with Crippen molar-refractivity contribution in [2.45, 2.75) is 32.1 Å². The third kappa shape index (κ3) is 8.55. The second-order valence-corrected chi connectivity index (χ2v) is 4.95. The van der Waals surface area contributed by atoms with Crippen molar-refractivity contribution in [2.24, 2.45) is 5.92 Å². The first kappa shape index (κ1) is 14.9. The largest absolute Gasteiger partial charge is 0.396 e. The van der Waals surface area contributed by atoms with Gasteiger partial charge in [0.1, 0.15) is 0 Å². The summed E-state index contributed by atoms with van der Waals surface area (Å²) in [6, 6.07) is 0. The topological polar surface area (TPSA) is 56.3 Å². The molecule has 0 bridgehead atoms. The van der Waals surface area contributed by atoms with Crippen LogP contribution in [0.2, 0.25) is 0 Å². The van der Waals surface area contributed by atoms with E-state index in [0.717, 1.165) is 45.7 Å². The monoisotopic (exact) mass is 243 g/mol. The third-order valence-corrected chi connectivity index (χ3v) is 3.34. The molecule has 0 radical (unpaired) electrons. The number of aliphatic hydroxyl groups is 1. The van der Waals surface area contributed by atoms with E-state index in [4.69, 9.17) is 5.11 Å². The second kappa shape index (κ2) is 11.0. The van der Waals surface area contributed by atoms with Gasteiger partial charge in [-0.2, -0.15) is 0 Å². The highest BCUT2D eigenvalue weighted by atomic mass is 16.3. The maximum absolute atomic E-state index is 9.02. The molecule has 1 fully saturated rings. The number of hydrogen-bond donors (Lipinski definition) is 4. The number of hydrogen-bond acceptors (Lipinski definition) is 4. The number of aliphatic hydroxyl groups excluding tert-OH is 1. The zero-order valence-corrected chi connectivity index (χ0v) is 11.0. The highest BCUT2D eigenvalue weighted by Gasteiger charge is 2.07. The summed E-state index contributed by atoms with van der Waals surface area (Å²) in [5.41, 5.74) is 0. The summed E-state index contributed by atoms with van der Waals surface area (Å²) in [6.45, 7) is 6.69. The van der Waals surface area contributed by atoms with Gasteiger partial charge >= 0.3 is 0 Å². The summed E-state index contributed by atoms with van der Waals surface area (Å²) < 4.78 is 0. The molecule has 0 aliphatic carbocycles. The van der Waals surface area contributed by atoms with Crippen molar-refractivity contribution in [1.29, 1.82) is 0 Å². The molecule has 1 saturated heterocycles. The SMILES string of the molecule is OCCC1CNCCCCCCNCCNC1. The van der Waals surface area contributed by atoms with Gasteiger partial charge < -0.3 is 21.1 Å². The van der Waals surface area contributed by atoms with E-state index in [1.807, 2.05) is 0 Å². The Bertz CT molecular complexity index is 153. The lowest BCUT2D eigenvalue weighted by Gasteiger charge is -2.18. The molecule has 0 aromatic rings. The van der Waals surface area contributed by atoms with Gasteiger partial charge in [-0.05, 0) is 51.4 Å². The Kier molecular flexibility index (Phi) is 9.61. The highest BCUT2D eigenvalue weighted by Crippen LogP contribution is 2.01. The van der Waals surface area contributed by atoms with Crippen LogP contribution in [0.4, 0.5) is 0 Å². The maximum Gasteiger partial charge on any atom is 0.0434 e. The first-order valence-corrected chi connectivity index (χ1v) is 7.16. The van der Waals surface area contributed by atoms with Crippen LogP contribution in [-0.2, 0) is 0 Å². The Labute approximate surface area is 106 Å². The zero-order chi connectivity index (χ0) is 12.2. The third-order valence-electron chi connectivity index (χ3n) is 3.34. The lowest BCUT2D eigenvalue weighted by atomic mass is 10.1. The van der Waals surface area contributed by atoms with Crippen molar-refractivity contribution in [3.8, 4) is 0 Å². The Morgan fingerprint density at radius 1 is 0.765 bits per heavy atom. The van der Waals surface area contributed by atoms with Gasteiger partial charge in [-0.3, -0.25) is 0 Å². The van der Waals surface area contributed by atoms with Crippen LogP contribution in [0.3, 0.4) is 0 Å². The summed E-state index contributed by atoms with van der Waals surface area (Å²) in [4.78, 5) is 0. The first-order chi connectivity index (χ1) is 8.43. The molecule has 4 nitrogen and oxygen atoms in total. The summed E-state index contributed by atoms with van der Waals surface area (Å²) in [5, 5.41) is 19.4. The molecule has 0 aromatic heterocycles. The fourth-order valence-electron chi connectivity index (χ4n) is 2.23. The molecular formula is C13H29N3O. The van der Waals surface area contributed by atoms with Crippen LogP contribution >= 0.6 is 0 Å². The first-order valence-electron chi connectivity index (χ1n) is 7.16. The van der Waals surface area contributed by atoms with Crippen LogP contribution in [0.5, 0.6) is 0 Å². The minimum absolute atomic E-state index is 0.298. The molecule has 4 N–H and O–H groups in total. The lowest BCUT2D eigenvalue weighted by Crippen LogP contribution is -2.36. The molecule has 0 saturated carbocycles. The fraction of sp³-hybridized carbons (Fsp3) is 1.00. The molecule has 1 atom stereocenters. The predicted molar refractivity (Wildman–Crippen MR) is 72.3 cm³/mol. The van der Waals surface area contributed by atoms with Crippen molar-refractivity contribution in [1.82, 2.24) is 16.0 Å². The van der Waals surface area contributed by atoms with Crippen molar-refractivity contribution in [2.75, 3.05) is 45.9 Å². The predicted octanol–water partition coefficient (Wildman–Crippen LogP) is 0.328. The summed E-state index contributed by atoms with van der Waals surface area (Å²) in [7, 11) is 0. The molecule has 0 spiro atoms. The molecule has 1 unspecified atom stereocenters. The van der Waals surface area contributed by atoms with Gasteiger partial charge in [0.25, 0.3) is 0 Å². The standard InChI is InChI=1S/C13H29N3O/c17-10-5-13-11-15-7-4-2-1-3-6-14-8-9-16-12-13/h13-17H,1-12H2. The van der Waals surface area contributed by atoms with E-state index in [1.54, 1.807) is 0 Å². The van der Waals surface area contributed by atoms with E-state index in [-0.39, 0.29) is 0 Å². The molecule has 4 heteroatoms. The quantitative estimate of drug-likeness (QED) is 0.564. The highest BCUT2D eigenvalue weighted by molar-refractivity contribution is 4.66. The van der Waals surface area contributed by atoms with Gasteiger partial charge in [-0.1, -0.05) is 12.8 Å². The molecule has 1 heterocycles. The summed E-state index contributed by atoms with van der Waals surface area (Å²) in [5.74, 6) is 0.558. The van der Waals surface area contributed by atoms with Crippen LogP contribution in [-0.4, -0.2) is 51.0 Å². The van der Waals surface area contributed by atoms with Gasteiger partial charge in [0, 0.05) is 19.7 Å². The van der Waals surface area contributed by atoms with E-state index < -0.39 is 0 Å². The molecule has 0 aromatic carbocycles. The van der Waals surface area contributed by atoms with Crippen molar-refractivity contribution >= 4 is 0 Å². The zero-order valence-electron chi connectivity index (χ0n) is 11.0. The minimum Gasteiger partial charge on any atom is -0.396 e. The van der Waals surface area contributed by atoms with Crippen LogP contribution in [0.1, 0.15) is 32.1 Å². The Morgan fingerprint density at radius 3 is 2.06 bits per heavy atom. The molecular weight excluding hydrogens is 214 g/mol. The van der Waals surface area contributed by atoms with E-state index in [9.17, 15) is 0 Å². The fourth-order valence-corrected chi connectivity index (χ4v) is 2.23. The Balaban J connectivity index is 2.19. The maximum atomic E-state index is 9.02. The van der Waals surface area contributed by atoms with Crippen molar-refractivity contribution in [3.05, 3.63) is 0 Å². The van der Waals surface area contributed by atoms with E-state index >= 15 is 0 Å². The molecule has 102 valence electrons. The Morgan fingerprint density at radius 2 is 1.35 bits per heavy atom.